The molecule has 3 heterocycles. The van der Waals surface area contributed by atoms with Crippen LogP contribution in [-0.4, -0.2) is 74.0 Å². The van der Waals surface area contributed by atoms with Gasteiger partial charge in [-0.15, -0.1) is 0 Å². The van der Waals surface area contributed by atoms with Crippen LogP contribution in [0, 0.1) is 0 Å². The number of likely N-dealkylation sites (tertiary alicyclic amines) is 1. The summed E-state index contributed by atoms with van der Waals surface area (Å²) in [5.41, 5.74) is 7.15. The summed E-state index contributed by atoms with van der Waals surface area (Å²) < 4.78 is 10.5. The van der Waals surface area contributed by atoms with E-state index in [1.165, 1.54) is 0 Å². The SMILES string of the molecule is CCOC(=O)N1CCC(NC(N)=NCc2cccnc2N2CCOCC2)CC1. The van der Waals surface area contributed by atoms with Crippen LogP contribution >= 0.6 is 0 Å². The molecule has 2 aliphatic rings. The average Bonchev–Trinajstić information content (AvgIpc) is 2.74. The number of morpholine rings is 1. The van der Waals surface area contributed by atoms with Crippen molar-refractivity contribution >= 4 is 17.9 Å². The Hall–Kier alpha value is -2.55. The molecule has 3 N–H and O–H groups in total. The molecule has 0 aliphatic carbocycles. The summed E-state index contributed by atoms with van der Waals surface area (Å²) in [5.74, 6) is 1.37. The topological polar surface area (TPSA) is 105 Å². The van der Waals surface area contributed by atoms with E-state index in [1.807, 2.05) is 19.1 Å². The number of aromatic nitrogens is 1. The van der Waals surface area contributed by atoms with Crippen molar-refractivity contribution in [3.05, 3.63) is 23.9 Å². The molecule has 9 heteroatoms. The Morgan fingerprint density at radius 1 is 1.36 bits per heavy atom. The van der Waals surface area contributed by atoms with Gasteiger partial charge in [0, 0.05) is 44.0 Å². The zero-order chi connectivity index (χ0) is 19.8. The Labute approximate surface area is 165 Å². The molecule has 0 aromatic carbocycles. The number of carbonyl (C=O) groups excluding carboxylic acids is 1. The predicted molar refractivity (Wildman–Crippen MR) is 107 cm³/mol. The summed E-state index contributed by atoms with van der Waals surface area (Å²) in [6.07, 6.45) is 3.20. The molecule has 1 aromatic rings. The molecule has 1 aromatic heterocycles. The van der Waals surface area contributed by atoms with Crippen molar-refractivity contribution in [1.82, 2.24) is 15.2 Å². The van der Waals surface area contributed by atoms with Crippen LogP contribution in [0.2, 0.25) is 0 Å². The Balaban J connectivity index is 1.51. The second-order valence-corrected chi connectivity index (χ2v) is 6.89. The van der Waals surface area contributed by atoms with Gasteiger partial charge in [-0.2, -0.15) is 0 Å². The molecule has 0 radical (unpaired) electrons. The van der Waals surface area contributed by atoms with Gasteiger partial charge < -0.3 is 30.3 Å². The van der Waals surface area contributed by atoms with Gasteiger partial charge in [0.15, 0.2) is 5.96 Å². The number of amides is 1. The van der Waals surface area contributed by atoms with Crippen molar-refractivity contribution < 1.29 is 14.3 Å². The van der Waals surface area contributed by atoms with Crippen LogP contribution in [0.3, 0.4) is 0 Å². The lowest BCUT2D eigenvalue weighted by Gasteiger charge is -2.31. The number of piperidine rings is 1. The van der Waals surface area contributed by atoms with Gasteiger partial charge in [0.25, 0.3) is 0 Å². The number of ether oxygens (including phenoxy) is 2. The van der Waals surface area contributed by atoms with Crippen molar-refractivity contribution in [2.45, 2.75) is 32.4 Å². The highest BCUT2D eigenvalue weighted by molar-refractivity contribution is 5.78. The fourth-order valence-electron chi connectivity index (χ4n) is 3.46. The van der Waals surface area contributed by atoms with E-state index in [4.69, 9.17) is 15.2 Å². The second-order valence-electron chi connectivity index (χ2n) is 6.89. The molecular weight excluding hydrogens is 360 g/mol. The van der Waals surface area contributed by atoms with E-state index in [1.54, 1.807) is 11.1 Å². The molecule has 0 atom stereocenters. The van der Waals surface area contributed by atoms with E-state index in [0.29, 0.717) is 45.4 Å². The van der Waals surface area contributed by atoms with Crippen LogP contribution in [0.5, 0.6) is 0 Å². The Kier molecular flexibility index (Phi) is 7.30. The van der Waals surface area contributed by atoms with Gasteiger partial charge >= 0.3 is 6.09 Å². The Morgan fingerprint density at radius 2 is 2.11 bits per heavy atom. The van der Waals surface area contributed by atoms with Gasteiger partial charge in [0.1, 0.15) is 5.82 Å². The minimum absolute atomic E-state index is 0.210. The number of guanidine groups is 1. The van der Waals surface area contributed by atoms with Crippen molar-refractivity contribution in [2.75, 3.05) is 50.9 Å². The van der Waals surface area contributed by atoms with Crippen molar-refractivity contribution in [1.29, 1.82) is 0 Å². The van der Waals surface area contributed by atoms with Gasteiger partial charge in [-0.05, 0) is 25.8 Å². The molecule has 0 bridgehead atoms. The Morgan fingerprint density at radius 3 is 2.82 bits per heavy atom. The lowest BCUT2D eigenvalue weighted by Crippen LogP contribution is -2.48. The van der Waals surface area contributed by atoms with Gasteiger partial charge in [-0.3, -0.25) is 0 Å². The summed E-state index contributed by atoms with van der Waals surface area (Å²) in [7, 11) is 0. The first-order valence-corrected chi connectivity index (χ1v) is 9.92. The van der Waals surface area contributed by atoms with E-state index < -0.39 is 0 Å². The van der Waals surface area contributed by atoms with E-state index in [2.05, 4.69) is 20.2 Å². The minimum atomic E-state index is -0.241. The highest BCUT2D eigenvalue weighted by atomic mass is 16.6. The Bertz CT molecular complexity index is 669. The molecule has 28 heavy (non-hydrogen) atoms. The highest BCUT2D eigenvalue weighted by Gasteiger charge is 2.23. The number of nitrogens with zero attached hydrogens (tertiary/aromatic N) is 4. The zero-order valence-electron chi connectivity index (χ0n) is 16.5. The third kappa shape index (κ3) is 5.48. The zero-order valence-corrected chi connectivity index (χ0v) is 16.5. The van der Waals surface area contributed by atoms with Crippen LogP contribution in [0.15, 0.2) is 23.3 Å². The molecule has 0 spiro atoms. The lowest BCUT2D eigenvalue weighted by atomic mass is 10.1. The normalized spacial score (nSPS) is 18.8. The number of nitrogens with one attached hydrogen (secondary N) is 1. The average molecular weight is 390 g/mol. The predicted octanol–water partition coefficient (Wildman–Crippen LogP) is 0.943. The smallest absolute Gasteiger partial charge is 0.409 e. The number of carbonyl (C=O) groups is 1. The number of pyridine rings is 1. The largest absolute Gasteiger partial charge is 0.450 e. The highest BCUT2D eigenvalue weighted by Crippen LogP contribution is 2.19. The number of hydrogen-bond donors (Lipinski definition) is 2. The summed E-state index contributed by atoms with van der Waals surface area (Å²) in [5, 5.41) is 3.27. The summed E-state index contributed by atoms with van der Waals surface area (Å²) in [4.78, 5) is 24.8. The third-order valence-corrected chi connectivity index (χ3v) is 4.97. The van der Waals surface area contributed by atoms with E-state index >= 15 is 0 Å². The molecule has 0 unspecified atom stereocenters. The molecular formula is C19H30N6O3. The monoisotopic (exact) mass is 390 g/mol. The number of hydrogen-bond acceptors (Lipinski definition) is 6. The lowest BCUT2D eigenvalue weighted by molar-refractivity contribution is 0.0963. The van der Waals surface area contributed by atoms with Crippen LogP contribution in [-0.2, 0) is 16.0 Å². The van der Waals surface area contributed by atoms with E-state index in [0.717, 1.165) is 37.3 Å². The minimum Gasteiger partial charge on any atom is -0.450 e. The van der Waals surface area contributed by atoms with Gasteiger partial charge in [0.05, 0.1) is 26.4 Å². The third-order valence-electron chi connectivity index (χ3n) is 4.97. The molecule has 0 saturated carbocycles. The van der Waals surface area contributed by atoms with Gasteiger partial charge in [0.2, 0.25) is 0 Å². The number of nitrogens with two attached hydrogens (primary N) is 1. The molecule has 1 amide bonds. The number of anilines is 1. The fraction of sp³-hybridized carbons (Fsp3) is 0.632. The van der Waals surface area contributed by atoms with Crippen LogP contribution in [0.4, 0.5) is 10.6 Å². The van der Waals surface area contributed by atoms with Gasteiger partial charge in [-0.1, -0.05) is 6.07 Å². The van der Waals surface area contributed by atoms with Crippen molar-refractivity contribution in [3.63, 3.8) is 0 Å². The van der Waals surface area contributed by atoms with Gasteiger partial charge in [-0.25, -0.2) is 14.8 Å². The van der Waals surface area contributed by atoms with Crippen LogP contribution < -0.4 is 16.0 Å². The number of aliphatic imine (C=N–C) groups is 1. The quantitative estimate of drug-likeness (QED) is 0.569. The van der Waals surface area contributed by atoms with Crippen molar-refractivity contribution in [2.24, 2.45) is 10.7 Å². The maximum Gasteiger partial charge on any atom is 0.409 e. The second kappa shape index (κ2) is 10.1. The molecule has 2 aliphatic heterocycles. The van der Waals surface area contributed by atoms with Crippen molar-refractivity contribution in [3.8, 4) is 0 Å². The molecule has 2 fully saturated rings. The number of rotatable bonds is 5. The molecule has 3 rings (SSSR count). The first-order valence-electron chi connectivity index (χ1n) is 9.92. The molecule has 154 valence electrons. The molecule has 9 nitrogen and oxygen atoms in total. The first-order chi connectivity index (χ1) is 13.7. The van der Waals surface area contributed by atoms with Crippen LogP contribution in [0.25, 0.3) is 0 Å². The maximum absolute atomic E-state index is 11.8. The fourth-order valence-corrected chi connectivity index (χ4v) is 3.46. The van der Waals surface area contributed by atoms with E-state index in [9.17, 15) is 4.79 Å². The standard InChI is InChI=1S/C19H30N6O3/c1-2-28-19(26)25-8-5-16(6-9-25)23-18(20)22-14-15-4-3-7-21-17(15)24-10-12-27-13-11-24/h3-4,7,16H,2,5-6,8-14H2,1H3,(H3,20,22,23). The maximum atomic E-state index is 11.8. The summed E-state index contributed by atoms with van der Waals surface area (Å²) in [6.45, 7) is 7.11. The summed E-state index contributed by atoms with van der Waals surface area (Å²) >= 11 is 0. The van der Waals surface area contributed by atoms with Crippen LogP contribution in [0.1, 0.15) is 25.3 Å². The summed E-state index contributed by atoms with van der Waals surface area (Å²) in [6, 6.07) is 4.16. The van der Waals surface area contributed by atoms with E-state index in [-0.39, 0.29) is 12.1 Å². The first kappa shape index (κ1) is 20.2. The molecule has 2 saturated heterocycles.